The third-order valence-corrected chi connectivity index (χ3v) is 3.81. The predicted molar refractivity (Wildman–Crippen MR) is 72.8 cm³/mol. The Balaban J connectivity index is 2.31. The van der Waals surface area contributed by atoms with Crippen LogP contribution in [0, 0.1) is 0 Å². The van der Waals surface area contributed by atoms with Crippen LogP contribution in [0.2, 0.25) is 0 Å². The number of ether oxygens (including phenoxy) is 2. The summed E-state index contributed by atoms with van der Waals surface area (Å²) in [5.74, 6) is 1.93. The molecule has 1 aliphatic heterocycles. The highest BCUT2D eigenvalue weighted by Crippen LogP contribution is 2.29. The molecule has 100 valence electrons. The molecule has 1 N–H and O–H groups in total. The Morgan fingerprint density at radius 2 is 2.33 bits per heavy atom. The third-order valence-electron chi connectivity index (χ3n) is 2.98. The van der Waals surface area contributed by atoms with Gasteiger partial charge in [0.25, 0.3) is 0 Å². The van der Waals surface area contributed by atoms with E-state index >= 15 is 0 Å². The first-order valence-corrected chi connectivity index (χ1v) is 6.86. The molecule has 2 rings (SSSR count). The standard InChI is InChI=1S/C12H18BrN3O2/c1-14-12-10(13)9(7-17-2)15-11(16-12)8-4-3-5-18-6-8/h8H,3-7H2,1-2H3,(H,14,15,16). The van der Waals surface area contributed by atoms with Crippen LogP contribution < -0.4 is 5.32 Å². The van der Waals surface area contributed by atoms with Crippen molar-refractivity contribution in [1.29, 1.82) is 0 Å². The van der Waals surface area contributed by atoms with Gasteiger partial charge in [0.15, 0.2) is 0 Å². The molecule has 1 aromatic rings. The van der Waals surface area contributed by atoms with Crippen molar-refractivity contribution in [3.8, 4) is 0 Å². The maximum absolute atomic E-state index is 5.50. The summed E-state index contributed by atoms with van der Waals surface area (Å²) >= 11 is 3.50. The molecule has 0 radical (unpaired) electrons. The zero-order valence-corrected chi connectivity index (χ0v) is 12.3. The van der Waals surface area contributed by atoms with E-state index in [2.05, 4.69) is 31.2 Å². The van der Waals surface area contributed by atoms with Crippen molar-refractivity contribution in [2.45, 2.75) is 25.4 Å². The van der Waals surface area contributed by atoms with Crippen LogP contribution >= 0.6 is 15.9 Å². The van der Waals surface area contributed by atoms with E-state index in [1.807, 2.05) is 7.05 Å². The zero-order valence-electron chi connectivity index (χ0n) is 10.7. The van der Waals surface area contributed by atoms with E-state index in [1.54, 1.807) is 7.11 Å². The summed E-state index contributed by atoms with van der Waals surface area (Å²) in [6, 6.07) is 0. The van der Waals surface area contributed by atoms with Crippen molar-refractivity contribution >= 4 is 21.7 Å². The molecule has 1 fully saturated rings. The molecule has 1 aliphatic rings. The number of hydrogen-bond acceptors (Lipinski definition) is 5. The lowest BCUT2D eigenvalue weighted by molar-refractivity contribution is 0.0778. The first-order valence-electron chi connectivity index (χ1n) is 6.07. The van der Waals surface area contributed by atoms with Crippen molar-refractivity contribution < 1.29 is 9.47 Å². The van der Waals surface area contributed by atoms with Crippen molar-refractivity contribution in [2.75, 3.05) is 32.7 Å². The van der Waals surface area contributed by atoms with Gasteiger partial charge in [0.2, 0.25) is 0 Å². The highest BCUT2D eigenvalue weighted by atomic mass is 79.9. The van der Waals surface area contributed by atoms with Crippen LogP contribution in [0.1, 0.15) is 30.3 Å². The Hall–Kier alpha value is -0.720. The van der Waals surface area contributed by atoms with E-state index in [0.29, 0.717) is 13.2 Å². The van der Waals surface area contributed by atoms with Gasteiger partial charge in [0.1, 0.15) is 11.6 Å². The molecule has 0 bridgehead atoms. The highest BCUT2D eigenvalue weighted by molar-refractivity contribution is 9.10. The summed E-state index contributed by atoms with van der Waals surface area (Å²) in [5, 5.41) is 3.08. The average Bonchev–Trinajstić information content (AvgIpc) is 2.42. The van der Waals surface area contributed by atoms with E-state index < -0.39 is 0 Å². The second-order valence-electron chi connectivity index (χ2n) is 4.29. The van der Waals surface area contributed by atoms with E-state index in [9.17, 15) is 0 Å². The molecule has 1 atom stereocenters. The summed E-state index contributed by atoms with van der Waals surface area (Å²) in [7, 11) is 3.52. The van der Waals surface area contributed by atoms with E-state index in [0.717, 1.165) is 41.3 Å². The van der Waals surface area contributed by atoms with E-state index in [4.69, 9.17) is 9.47 Å². The lowest BCUT2D eigenvalue weighted by Gasteiger charge is -2.22. The highest BCUT2D eigenvalue weighted by Gasteiger charge is 2.21. The lowest BCUT2D eigenvalue weighted by atomic mass is 10.0. The maximum Gasteiger partial charge on any atom is 0.144 e. The molecule has 1 unspecified atom stereocenters. The summed E-state index contributed by atoms with van der Waals surface area (Å²) in [5.41, 5.74) is 0.873. The molecule has 1 aromatic heterocycles. The summed E-state index contributed by atoms with van der Waals surface area (Å²) in [4.78, 5) is 9.14. The lowest BCUT2D eigenvalue weighted by Crippen LogP contribution is -2.19. The van der Waals surface area contributed by atoms with Gasteiger partial charge in [-0.1, -0.05) is 0 Å². The number of nitrogens with one attached hydrogen (secondary N) is 1. The fraction of sp³-hybridized carbons (Fsp3) is 0.667. The number of anilines is 1. The van der Waals surface area contributed by atoms with Gasteiger partial charge >= 0.3 is 0 Å². The molecule has 0 aromatic carbocycles. The Morgan fingerprint density at radius 3 is 2.94 bits per heavy atom. The van der Waals surface area contributed by atoms with Crippen molar-refractivity contribution in [2.24, 2.45) is 0 Å². The summed E-state index contributed by atoms with van der Waals surface area (Å²) < 4.78 is 11.5. The first kappa shape index (κ1) is 13.7. The predicted octanol–water partition coefficient (Wildman–Crippen LogP) is 2.32. The molecule has 18 heavy (non-hydrogen) atoms. The summed E-state index contributed by atoms with van der Waals surface area (Å²) in [6.45, 7) is 2.02. The Labute approximate surface area is 115 Å². The molecule has 2 heterocycles. The van der Waals surface area contributed by atoms with Gasteiger partial charge in [0, 0.05) is 26.7 Å². The molecule has 0 saturated carbocycles. The average molecular weight is 316 g/mol. The SMILES string of the molecule is CNc1nc(C2CCCOC2)nc(COC)c1Br. The van der Waals surface area contributed by atoms with Gasteiger partial charge < -0.3 is 14.8 Å². The van der Waals surface area contributed by atoms with E-state index in [-0.39, 0.29) is 5.92 Å². The van der Waals surface area contributed by atoms with Crippen LogP contribution in [-0.2, 0) is 16.1 Å². The number of hydrogen-bond donors (Lipinski definition) is 1. The smallest absolute Gasteiger partial charge is 0.144 e. The van der Waals surface area contributed by atoms with Crippen LogP contribution in [0.5, 0.6) is 0 Å². The fourth-order valence-corrected chi connectivity index (χ4v) is 2.53. The number of nitrogens with zero attached hydrogens (tertiary/aromatic N) is 2. The minimum Gasteiger partial charge on any atom is -0.381 e. The molecule has 0 amide bonds. The Morgan fingerprint density at radius 1 is 1.50 bits per heavy atom. The molecule has 0 spiro atoms. The fourth-order valence-electron chi connectivity index (χ4n) is 2.04. The molecule has 6 heteroatoms. The Bertz CT molecular complexity index is 409. The number of halogens is 1. The monoisotopic (exact) mass is 315 g/mol. The second kappa shape index (κ2) is 6.45. The van der Waals surface area contributed by atoms with Crippen LogP contribution in [0.3, 0.4) is 0 Å². The van der Waals surface area contributed by atoms with Gasteiger partial charge in [0.05, 0.1) is 23.4 Å². The van der Waals surface area contributed by atoms with Crippen molar-refractivity contribution in [3.05, 3.63) is 16.0 Å². The minimum absolute atomic E-state index is 0.287. The van der Waals surface area contributed by atoms with Gasteiger partial charge in [-0.25, -0.2) is 9.97 Å². The normalized spacial score (nSPS) is 19.8. The van der Waals surface area contributed by atoms with Crippen LogP contribution in [0.4, 0.5) is 5.82 Å². The topological polar surface area (TPSA) is 56.3 Å². The first-order chi connectivity index (χ1) is 8.76. The van der Waals surface area contributed by atoms with Gasteiger partial charge in [-0.15, -0.1) is 0 Å². The molecule has 1 saturated heterocycles. The largest absolute Gasteiger partial charge is 0.381 e. The maximum atomic E-state index is 5.50. The van der Waals surface area contributed by atoms with Crippen LogP contribution in [0.15, 0.2) is 4.47 Å². The summed E-state index contributed by atoms with van der Waals surface area (Å²) in [6.07, 6.45) is 2.15. The van der Waals surface area contributed by atoms with Crippen LogP contribution in [0.25, 0.3) is 0 Å². The van der Waals surface area contributed by atoms with Gasteiger partial charge in [-0.2, -0.15) is 0 Å². The quantitative estimate of drug-likeness (QED) is 0.924. The van der Waals surface area contributed by atoms with Crippen molar-refractivity contribution in [1.82, 2.24) is 9.97 Å². The third kappa shape index (κ3) is 2.99. The number of rotatable bonds is 4. The molecule has 0 aliphatic carbocycles. The molecular weight excluding hydrogens is 298 g/mol. The molecular formula is C12H18BrN3O2. The number of methoxy groups -OCH3 is 1. The zero-order chi connectivity index (χ0) is 13.0. The Kier molecular flexibility index (Phi) is 4.91. The van der Waals surface area contributed by atoms with Gasteiger partial charge in [-0.3, -0.25) is 0 Å². The van der Waals surface area contributed by atoms with E-state index in [1.165, 1.54) is 0 Å². The second-order valence-corrected chi connectivity index (χ2v) is 5.08. The van der Waals surface area contributed by atoms with Crippen LogP contribution in [-0.4, -0.2) is 37.3 Å². The molecule has 5 nitrogen and oxygen atoms in total. The minimum atomic E-state index is 0.287. The van der Waals surface area contributed by atoms with Gasteiger partial charge in [-0.05, 0) is 28.8 Å². The van der Waals surface area contributed by atoms with Crippen molar-refractivity contribution in [3.63, 3.8) is 0 Å². The number of aromatic nitrogens is 2.